The molecule has 2 rings (SSSR count). The van der Waals surface area contributed by atoms with Crippen LogP contribution < -0.4 is 5.32 Å². The molecule has 0 atom stereocenters. The predicted molar refractivity (Wildman–Crippen MR) is 78.6 cm³/mol. The Bertz CT molecular complexity index is 475. The van der Waals surface area contributed by atoms with Crippen molar-refractivity contribution >= 4 is 17.5 Å². The van der Waals surface area contributed by atoms with Gasteiger partial charge < -0.3 is 10.2 Å². The highest BCUT2D eigenvalue weighted by atomic mass is 35.5. The van der Waals surface area contributed by atoms with E-state index in [9.17, 15) is 9.18 Å². The molecule has 1 fully saturated rings. The van der Waals surface area contributed by atoms with Crippen LogP contribution in [-0.2, 0) is 0 Å². The Morgan fingerprint density at radius 1 is 1.45 bits per heavy atom. The first-order chi connectivity index (χ1) is 9.58. The number of piperidine rings is 1. The zero-order valence-corrected chi connectivity index (χ0v) is 12.4. The second-order valence-electron chi connectivity index (χ2n) is 5.33. The van der Waals surface area contributed by atoms with Gasteiger partial charge in [-0.1, -0.05) is 11.6 Å². The summed E-state index contributed by atoms with van der Waals surface area (Å²) >= 11 is 5.82. The smallest absolute Gasteiger partial charge is 0.256 e. The van der Waals surface area contributed by atoms with E-state index in [1.54, 1.807) is 11.9 Å². The molecule has 0 spiro atoms. The van der Waals surface area contributed by atoms with Crippen LogP contribution in [0.2, 0.25) is 5.02 Å². The van der Waals surface area contributed by atoms with Crippen LogP contribution in [0.15, 0.2) is 18.2 Å². The van der Waals surface area contributed by atoms with Crippen molar-refractivity contribution < 1.29 is 9.18 Å². The van der Waals surface area contributed by atoms with E-state index < -0.39 is 5.82 Å². The van der Waals surface area contributed by atoms with Gasteiger partial charge in [0, 0.05) is 18.6 Å². The molecule has 3 nitrogen and oxygen atoms in total. The van der Waals surface area contributed by atoms with E-state index >= 15 is 0 Å². The molecule has 0 radical (unpaired) electrons. The number of hydrogen-bond acceptors (Lipinski definition) is 2. The van der Waals surface area contributed by atoms with E-state index in [1.165, 1.54) is 18.2 Å². The number of carbonyl (C=O) groups is 1. The Kier molecular flexibility index (Phi) is 5.38. The van der Waals surface area contributed by atoms with E-state index in [0.29, 0.717) is 17.5 Å². The van der Waals surface area contributed by atoms with Gasteiger partial charge in [-0.3, -0.25) is 4.79 Å². The first kappa shape index (κ1) is 15.3. The molecule has 0 saturated carbocycles. The van der Waals surface area contributed by atoms with Crippen molar-refractivity contribution in [3.8, 4) is 0 Å². The van der Waals surface area contributed by atoms with Crippen molar-refractivity contribution in [2.24, 2.45) is 5.92 Å². The number of carbonyl (C=O) groups excluding carboxylic acids is 1. The zero-order chi connectivity index (χ0) is 14.5. The van der Waals surface area contributed by atoms with Crippen molar-refractivity contribution in [3.05, 3.63) is 34.6 Å². The van der Waals surface area contributed by atoms with Crippen molar-refractivity contribution in [1.29, 1.82) is 0 Å². The molecule has 0 bridgehead atoms. The SMILES string of the molecule is CN(CCC1CCNCC1)C(=O)c1cc(Cl)ccc1F. The molecule has 1 saturated heterocycles. The lowest BCUT2D eigenvalue weighted by Crippen LogP contribution is -2.33. The molecule has 0 aromatic heterocycles. The van der Waals surface area contributed by atoms with Crippen LogP contribution in [0.5, 0.6) is 0 Å². The van der Waals surface area contributed by atoms with Gasteiger partial charge in [-0.05, 0) is 56.5 Å². The number of rotatable bonds is 4. The normalized spacial score (nSPS) is 16.1. The summed E-state index contributed by atoms with van der Waals surface area (Å²) in [6, 6.07) is 4.07. The van der Waals surface area contributed by atoms with Gasteiger partial charge in [-0.2, -0.15) is 0 Å². The fraction of sp³-hybridized carbons (Fsp3) is 0.533. The molecule has 1 aromatic carbocycles. The number of nitrogens with zero attached hydrogens (tertiary/aromatic N) is 1. The minimum atomic E-state index is -0.520. The lowest BCUT2D eigenvalue weighted by Gasteiger charge is -2.25. The average molecular weight is 299 g/mol. The third-order valence-electron chi connectivity index (χ3n) is 3.84. The van der Waals surface area contributed by atoms with E-state index in [4.69, 9.17) is 11.6 Å². The van der Waals surface area contributed by atoms with E-state index in [2.05, 4.69) is 5.32 Å². The molecular formula is C15H20ClFN2O. The molecular weight excluding hydrogens is 279 g/mol. The molecule has 1 heterocycles. The second-order valence-corrected chi connectivity index (χ2v) is 5.77. The van der Waals surface area contributed by atoms with Crippen LogP contribution in [0.25, 0.3) is 0 Å². The highest BCUT2D eigenvalue weighted by Crippen LogP contribution is 2.19. The van der Waals surface area contributed by atoms with Crippen molar-refractivity contribution in [3.63, 3.8) is 0 Å². The maximum absolute atomic E-state index is 13.7. The summed E-state index contributed by atoms with van der Waals surface area (Å²) in [6.45, 7) is 2.74. The number of halogens is 2. The molecule has 110 valence electrons. The lowest BCUT2D eigenvalue weighted by molar-refractivity contribution is 0.0780. The third kappa shape index (κ3) is 3.93. The Balaban J connectivity index is 1.92. The Hall–Kier alpha value is -1.13. The molecule has 1 aromatic rings. The summed E-state index contributed by atoms with van der Waals surface area (Å²) in [7, 11) is 1.71. The predicted octanol–water partition coefficient (Wildman–Crippen LogP) is 2.94. The fourth-order valence-corrected chi connectivity index (χ4v) is 2.69. The first-order valence-corrected chi connectivity index (χ1v) is 7.37. The topological polar surface area (TPSA) is 32.3 Å². The summed E-state index contributed by atoms with van der Waals surface area (Å²) in [5.41, 5.74) is 0.0466. The minimum absolute atomic E-state index is 0.0466. The number of nitrogens with one attached hydrogen (secondary N) is 1. The van der Waals surface area contributed by atoms with Gasteiger partial charge in [0.15, 0.2) is 0 Å². The minimum Gasteiger partial charge on any atom is -0.342 e. The largest absolute Gasteiger partial charge is 0.342 e. The standard InChI is InChI=1S/C15H20ClFN2O/c1-19(9-6-11-4-7-18-8-5-11)15(20)13-10-12(16)2-3-14(13)17/h2-3,10-11,18H,4-9H2,1H3. The van der Waals surface area contributed by atoms with Crippen molar-refractivity contribution in [2.45, 2.75) is 19.3 Å². The Labute approximate surface area is 124 Å². The van der Waals surface area contributed by atoms with Crippen molar-refractivity contribution in [2.75, 3.05) is 26.7 Å². The number of hydrogen-bond donors (Lipinski definition) is 1. The van der Waals surface area contributed by atoms with Gasteiger partial charge in [-0.25, -0.2) is 4.39 Å². The lowest BCUT2D eigenvalue weighted by atomic mass is 9.94. The third-order valence-corrected chi connectivity index (χ3v) is 4.07. The number of amides is 1. The molecule has 0 aliphatic carbocycles. The maximum Gasteiger partial charge on any atom is 0.256 e. The molecule has 1 amide bonds. The van der Waals surface area contributed by atoms with E-state index in [1.807, 2.05) is 0 Å². The van der Waals surface area contributed by atoms with Gasteiger partial charge in [0.25, 0.3) is 5.91 Å². The highest BCUT2D eigenvalue weighted by Gasteiger charge is 2.19. The van der Waals surface area contributed by atoms with E-state index in [-0.39, 0.29) is 11.5 Å². The number of benzene rings is 1. The molecule has 0 unspecified atom stereocenters. The Morgan fingerprint density at radius 3 is 2.85 bits per heavy atom. The summed E-state index contributed by atoms with van der Waals surface area (Å²) < 4.78 is 13.7. The first-order valence-electron chi connectivity index (χ1n) is 6.99. The maximum atomic E-state index is 13.7. The van der Waals surface area contributed by atoms with E-state index in [0.717, 1.165) is 32.4 Å². The van der Waals surface area contributed by atoms with Crippen LogP contribution in [0.4, 0.5) is 4.39 Å². The molecule has 1 aliphatic heterocycles. The van der Waals surface area contributed by atoms with Gasteiger partial charge in [0.1, 0.15) is 5.82 Å². The van der Waals surface area contributed by atoms with Gasteiger partial charge in [-0.15, -0.1) is 0 Å². The molecule has 20 heavy (non-hydrogen) atoms. The van der Waals surface area contributed by atoms with Crippen LogP contribution in [-0.4, -0.2) is 37.5 Å². The highest BCUT2D eigenvalue weighted by molar-refractivity contribution is 6.30. The van der Waals surface area contributed by atoms with Crippen LogP contribution in [0, 0.1) is 11.7 Å². The summed E-state index contributed by atoms with van der Waals surface area (Å²) in [5.74, 6) is -0.178. The average Bonchev–Trinajstić information content (AvgIpc) is 2.47. The quantitative estimate of drug-likeness (QED) is 0.927. The molecule has 5 heteroatoms. The summed E-state index contributed by atoms with van der Waals surface area (Å²) in [4.78, 5) is 13.8. The van der Waals surface area contributed by atoms with Gasteiger partial charge in [0.05, 0.1) is 5.56 Å². The van der Waals surface area contributed by atoms with Gasteiger partial charge >= 0.3 is 0 Å². The monoisotopic (exact) mass is 298 g/mol. The van der Waals surface area contributed by atoms with Crippen molar-refractivity contribution in [1.82, 2.24) is 10.2 Å². The van der Waals surface area contributed by atoms with Gasteiger partial charge in [0.2, 0.25) is 0 Å². The second kappa shape index (κ2) is 7.04. The zero-order valence-electron chi connectivity index (χ0n) is 11.7. The van der Waals surface area contributed by atoms with Crippen LogP contribution in [0.3, 0.4) is 0 Å². The molecule has 1 N–H and O–H groups in total. The molecule has 1 aliphatic rings. The fourth-order valence-electron chi connectivity index (χ4n) is 2.52. The summed E-state index contributed by atoms with van der Waals surface area (Å²) in [6.07, 6.45) is 3.26. The Morgan fingerprint density at radius 2 is 2.15 bits per heavy atom. The summed E-state index contributed by atoms with van der Waals surface area (Å²) in [5, 5.41) is 3.70. The van der Waals surface area contributed by atoms with Crippen LogP contribution in [0.1, 0.15) is 29.6 Å². The van der Waals surface area contributed by atoms with Crippen LogP contribution >= 0.6 is 11.6 Å².